The third-order valence-electron chi connectivity index (χ3n) is 3.16. The minimum absolute atomic E-state index is 0.220. The van der Waals surface area contributed by atoms with Gasteiger partial charge >= 0.3 is 0 Å². The molecule has 0 aromatic carbocycles. The second kappa shape index (κ2) is 7.32. The van der Waals surface area contributed by atoms with Crippen molar-refractivity contribution in [1.82, 2.24) is 19.7 Å². The third kappa shape index (κ3) is 3.66. The molecule has 3 heterocycles. The van der Waals surface area contributed by atoms with Gasteiger partial charge in [0.25, 0.3) is 11.8 Å². The van der Waals surface area contributed by atoms with Gasteiger partial charge in [0.05, 0.1) is 0 Å². The van der Waals surface area contributed by atoms with Crippen LogP contribution in [0.2, 0.25) is 0 Å². The lowest BCUT2D eigenvalue weighted by Crippen LogP contribution is -2.26. The van der Waals surface area contributed by atoms with Gasteiger partial charge in [-0.15, -0.1) is 22.7 Å². The van der Waals surface area contributed by atoms with Crippen LogP contribution in [0.15, 0.2) is 35.4 Å². The number of rotatable bonds is 6. The van der Waals surface area contributed by atoms with Crippen LogP contribution in [0.1, 0.15) is 29.9 Å². The summed E-state index contributed by atoms with van der Waals surface area (Å²) in [6.07, 6.45) is 5.38. The predicted molar refractivity (Wildman–Crippen MR) is 92.4 cm³/mol. The fraction of sp³-hybridized carbons (Fsp3) is 0.214. The highest BCUT2D eigenvalue weighted by Gasteiger charge is 2.21. The molecule has 0 saturated carbocycles. The van der Waals surface area contributed by atoms with Gasteiger partial charge in [-0.2, -0.15) is 5.10 Å². The van der Waals surface area contributed by atoms with Gasteiger partial charge in [0.2, 0.25) is 0 Å². The molecule has 3 aromatic heterocycles. The molecule has 0 saturated heterocycles. The highest BCUT2D eigenvalue weighted by molar-refractivity contribution is 7.14. The molecule has 10 heteroatoms. The summed E-state index contributed by atoms with van der Waals surface area (Å²) in [6.45, 7) is 1.88. The van der Waals surface area contributed by atoms with E-state index in [-0.39, 0.29) is 17.5 Å². The zero-order valence-corrected chi connectivity index (χ0v) is 14.3. The topological polar surface area (TPSA) is 102 Å². The van der Waals surface area contributed by atoms with E-state index in [1.807, 2.05) is 6.92 Å². The molecule has 0 aliphatic carbocycles. The SMILES string of the molecule is CCC(C(=O)Nc1nccs1)n1ccc(C(=O)Nc2nccs2)n1. The molecule has 0 aliphatic heterocycles. The Bertz CT molecular complexity index is 812. The first-order valence-electron chi connectivity index (χ1n) is 7.13. The molecular weight excluding hydrogens is 348 g/mol. The van der Waals surface area contributed by atoms with Crippen molar-refractivity contribution >= 4 is 44.8 Å². The molecule has 8 nitrogen and oxygen atoms in total. The van der Waals surface area contributed by atoms with Crippen molar-refractivity contribution in [2.45, 2.75) is 19.4 Å². The van der Waals surface area contributed by atoms with Crippen LogP contribution in [0.4, 0.5) is 10.3 Å². The molecule has 1 unspecified atom stereocenters. The lowest BCUT2D eigenvalue weighted by atomic mass is 10.2. The molecule has 2 N–H and O–H groups in total. The van der Waals surface area contributed by atoms with E-state index in [9.17, 15) is 9.59 Å². The zero-order valence-electron chi connectivity index (χ0n) is 12.7. The summed E-state index contributed by atoms with van der Waals surface area (Å²) < 4.78 is 1.49. The number of aromatic nitrogens is 4. The number of carbonyl (C=O) groups is 2. The lowest BCUT2D eigenvalue weighted by Gasteiger charge is -2.14. The first-order valence-corrected chi connectivity index (χ1v) is 8.89. The van der Waals surface area contributed by atoms with Gasteiger partial charge in [0.1, 0.15) is 6.04 Å². The van der Waals surface area contributed by atoms with Gasteiger partial charge in [0.15, 0.2) is 16.0 Å². The van der Waals surface area contributed by atoms with E-state index in [0.717, 1.165) is 0 Å². The average molecular weight is 362 g/mol. The van der Waals surface area contributed by atoms with Gasteiger partial charge in [-0.05, 0) is 12.5 Å². The summed E-state index contributed by atoms with van der Waals surface area (Å²) >= 11 is 2.67. The molecular formula is C14H14N6O2S2. The Morgan fingerprint density at radius 2 is 1.83 bits per heavy atom. The highest BCUT2D eigenvalue weighted by Crippen LogP contribution is 2.17. The number of anilines is 2. The smallest absolute Gasteiger partial charge is 0.277 e. The summed E-state index contributed by atoms with van der Waals surface area (Å²) in [5, 5.41) is 14.2. The zero-order chi connectivity index (χ0) is 16.9. The molecule has 0 radical (unpaired) electrons. The summed E-state index contributed by atoms with van der Waals surface area (Å²) in [5.74, 6) is -0.582. The third-order valence-corrected chi connectivity index (χ3v) is 4.54. The van der Waals surface area contributed by atoms with Crippen molar-refractivity contribution in [3.8, 4) is 0 Å². The Hall–Kier alpha value is -2.59. The molecule has 0 spiro atoms. The van der Waals surface area contributed by atoms with Crippen LogP contribution in [0.25, 0.3) is 0 Å². The van der Waals surface area contributed by atoms with Crippen LogP contribution in [0.5, 0.6) is 0 Å². The molecule has 24 heavy (non-hydrogen) atoms. The molecule has 3 aromatic rings. The highest BCUT2D eigenvalue weighted by atomic mass is 32.1. The Morgan fingerprint density at radius 1 is 1.17 bits per heavy atom. The normalized spacial score (nSPS) is 11.9. The van der Waals surface area contributed by atoms with E-state index >= 15 is 0 Å². The monoisotopic (exact) mass is 362 g/mol. The van der Waals surface area contributed by atoms with E-state index in [0.29, 0.717) is 16.7 Å². The van der Waals surface area contributed by atoms with E-state index in [4.69, 9.17) is 0 Å². The average Bonchev–Trinajstić information content (AvgIpc) is 3.29. The summed E-state index contributed by atoms with van der Waals surface area (Å²) in [6, 6.07) is 1.05. The van der Waals surface area contributed by atoms with Crippen molar-refractivity contribution in [3.63, 3.8) is 0 Å². The van der Waals surface area contributed by atoms with Crippen molar-refractivity contribution in [3.05, 3.63) is 41.1 Å². The van der Waals surface area contributed by atoms with Crippen LogP contribution in [0.3, 0.4) is 0 Å². The van der Waals surface area contributed by atoms with Gasteiger partial charge in [-0.25, -0.2) is 9.97 Å². The van der Waals surface area contributed by atoms with Crippen molar-refractivity contribution < 1.29 is 9.59 Å². The minimum Gasteiger partial charge on any atom is -0.300 e. The standard InChI is InChI=1S/C14H14N6O2S2/c1-2-10(12(22)18-14-16-5-8-24-14)20-6-3-9(19-20)11(21)17-13-15-4-7-23-13/h3-8,10H,2H2,1H3,(H,15,17,21)(H,16,18,22). The summed E-state index contributed by atoms with van der Waals surface area (Å²) in [7, 11) is 0. The number of thiazole rings is 2. The molecule has 0 aliphatic rings. The number of hydrogen-bond acceptors (Lipinski definition) is 7. The van der Waals surface area contributed by atoms with Crippen LogP contribution < -0.4 is 10.6 Å². The van der Waals surface area contributed by atoms with Gasteiger partial charge in [0, 0.05) is 29.4 Å². The van der Waals surface area contributed by atoms with E-state index < -0.39 is 6.04 Å². The van der Waals surface area contributed by atoms with Crippen LogP contribution in [-0.2, 0) is 4.79 Å². The van der Waals surface area contributed by atoms with E-state index in [1.165, 1.54) is 27.4 Å². The van der Waals surface area contributed by atoms with Crippen LogP contribution in [0, 0.1) is 0 Å². The number of nitrogens with one attached hydrogen (secondary N) is 2. The molecule has 2 amide bonds. The minimum atomic E-state index is -0.518. The second-order valence-corrected chi connectivity index (χ2v) is 6.51. The second-order valence-electron chi connectivity index (χ2n) is 4.72. The maximum Gasteiger partial charge on any atom is 0.277 e. The first-order chi connectivity index (χ1) is 11.7. The lowest BCUT2D eigenvalue weighted by molar-refractivity contribution is -0.119. The Morgan fingerprint density at radius 3 is 2.42 bits per heavy atom. The van der Waals surface area contributed by atoms with Gasteiger partial charge in [-0.3, -0.25) is 19.6 Å². The Kier molecular flexibility index (Phi) is 4.96. The molecule has 0 fully saturated rings. The van der Waals surface area contributed by atoms with E-state index in [2.05, 4.69) is 25.7 Å². The van der Waals surface area contributed by atoms with Crippen molar-refractivity contribution in [2.75, 3.05) is 10.6 Å². The summed E-state index contributed by atoms with van der Waals surface area (Å²) in [4.78, 5) is 32.5. The molecule has 1 atom stereocenters. The maximum absolute atomic E-state index is 12.4. The summed E-state index contributed by atoms with van der Waals surface area (Å²) in [5.41, 5.74) is 0.227. The largest absolute Gasteiger partial charge is 0.300 e. The van der Waals surface area contributed by atoms with E-state index in [1.54, 1.807) is 35.4 Å². The predicted octanol–water partition coefficient (Wildman–Crippen LogP) is 2.64. The molecule has 124 valence electrons. The van der Waals surface area contributed by atoms with Crippen LogP contribution >= 0.6 is 22.7 Å². The number of hydrogen-bond donors (Lipinski definition) is 2. The fourth-order valence-electron chi connectivity index (χ4n) is 2.05. The number of nitrogens with zero attached hydrogens (tertiary/aromatic N) is 4. The first kappa shape index (κ1) is 16.3. The van der Waals surface area contributed by atoms with Gasteiger partial charge < -0.3 is 5.32 Å². The quantitative estimate of drug-likeness (QED) is 0.702. The number of carbonyl (C=O) groups excluding carboxylic acids is 2. The van der Waals surface area contributed by atoms with Crippen LogP contribution in [-0.4, -0.2) is 31.6 Å². The van der Waals surface area contributed by atoms with Crippen molar-refractivity contribution in [1.29, 1.82) is 0 Å². The number of amides is 2. The Labute approximate surface area is 145 Å². The maximum atomic E-state index is 12.4. The Balaban J connectivity index is 1.70. The van der Waals surface area contributed by atoms with Gasteiger partial charge in [-0.1, -0.05) is 6.92 Å². The fourth-order valence-corrected chi connectivity index (χ4v) is 3.10. The van der Waals surface area contributed by atoms with Crippen molar-refractivity contribution in [2.24, 2.45) is 0 Å². The molecule has 3 rings (SSSR count). The molecule has 0 bridgehead atoms.